The fourth-order valence-electron chi connectivity index (χ4n) is 1.51. The highest BCUT2D eigenvalue weighted by molar-refractivity contribution is 6.31. The first-order valence-corrected chi connectivity index (χ1v) is 5.85. The van der Waals surface area contributed by atoms with Crippen molar-refractivity contribution in [3.05, 3.63) is 28.3 Å². The molecule has 3 heteroatoms. The highest BCUT2D eigenvalue weighted by atomic mass is 35.5. The number of halogens is 1. The topological polar surface area (TPSA) is 26.3 Å². The van der Waals surface area contributed by atoms with Gasteiger partial charge in [-0.3, -0.25) is 4.79 Å². The molecule has 0 aliphatic heterocycles. The Morgan fingerprint density at radius 2 is 2.12 bits per heavy atom. The molecule has 0 atom stereocenters. The van der Waals surface area contributed by atoms with Crippen molar-refractivity contribution in [1.29, 1.82) is 0 Å². The van der Waals surface area contributed by atoms with Gasteiger partial charge in [0.2, 0.25) is 0 Å². The summed E-state index contributed by atoms with van der Waals surface area (Å²) in [7, 11) is 1.57. The van der Waals surface area contributed by atoms with Gasteiger partial charge in [-0.1, -0.05) is 24.9 Å². The van der Waals surface area contributed by atoms with E-state index in [1.807, 2.05) is 13.0 Å². The summed E-state index contributed by atoms with van der Waals surface area (Å²) in [6.07, 6.45) is 2.45. The average Bonchev–Trinajstić information content (AvgIpc) is 2.28. The molecule has 0 heterocycles. The van der Waals surface area contributed by atoms with E-state index in [-0.39, 0.29) is 5.78 Å². The molecule has 0 bridgehead atoms. The summed E-state index contributed by atoms with van der Waals surface area (Å²) < 4.78 is 5.20. The predicted octanol–water partition coefficient (Wildman–Crippen LogP) is 4.03. The molecule has 16 heavy (non-hydrogen) atoms. The molecule has 0 saturated carbocycles. The van der Waals surface area contributed by atoms with E-state index in [2.05, 4.69) is 6.92 Å². The van der Waals surface area contributed by atoms with Crippen molar-refractivity contribution in [2.24, 2.45) is 0 Å². The number of benzene rings is 1. The molecule has 2 nitrogen and oxygen atoms in total. The maximum absolute atomic E-state index is 11.9. The van der Waals surface area contributed by atoms with Crippen LogP contribution in [-0.4, -0.2) is 12.9 Å². The number of hydrogen-bond acceptors (Lipinski definition) is 2. The SMILES string of the molecule is CCCCC(=O)c1cc(Cl)c(C)cc1OC. The van der Waals surface area contributed by atoms with Crippen LogP contribution >= 0.6 is 11.6 Å². The van der Waals surface area contributed by atoms with E-state index in [9.17, 15) is 4.79 Å². The van der Waals surface area contributed by atoms with Crippen LogP contribution in [0.4, 0.5) is 0 Å². The van der Waals surface area contributed by atoms with Gasteiger partial charge in [0, 0.05) is 11.4 Å². The monoisotopic (exact) mass is 240 g/mol. The molecular weight excluding hydrogens is 224 g/mol. The zero-order valence-corrected chi connectivity index (χ0v) is 10.7. The van der Waals surface area contributed by atoms with Crippen molar-refractivity contribution in [1.82, 2.24) is 0 Å². The Bertz CT molecular complexity index is 386. The minimum Gasteiger partial charge on any atom is -0.496 e. The summed E-state index contributed by atoms with van der Waals surface area (Å²) in [6.45, 7) is 3.96. The molecule has 1 rings (SSSR count). The van der Waals surface area contributed by atoms with E-state index < -0.39 is 0 Å². The van der Waals surface area contributed by atoms with Gasteiger partial charge in [0.15, 0.2) is 5.78 Å². The van der Waals surface area contributed by atoms with Crippen molar-refractivity contribution >= 4 is 17.4 Å². The van der Waals surface area contributed by atoms with Crippen molar-refractivity contribution in [2.75, 3.05) is 7.11 Å². The zero-order valence-electron chi connectivity index (χ0n) is 9.97. The molecule has 0 fully saturated rings. The summed E-state index contributed by atoms with van der Waals surface area (Å²) in [5.41, 5.74) is 1.51. The van der Waals surface area contributed by atoms with Gasteiger partial charge in [0.05, 0.1) is 12.7 Å². The third-order valence-corrected chi connectivity index (χ3v) is 2.95. The predicted molar refractivity (Wildman–Crippen MR) is 66.6 cm³/mol. The Morgan fingerprint density at radius 1 is 1.44 bits per heavy atom. The number of carbonyl (C=O) groups is 1. The molecule has 0 saturated heterocycles. The van der Waals surface area contributed by atoms with Gasteiger partial charge in [-0.2, -0.15) is 0 Å². The van der Waals surface area contributed by atoms with Crippen molar-refractivity contribution in [3.63, 3.8) is 0 Å². The molecular formula is C13H17ClO2. The number of hydrogen-bond donors (Lipinski definition) is 0. The first-order chi connectivity index (χ1) is 7.60. The highest BCUT2D eigenvalue weighted by Crippen LogP contribution is 2.27. The standard InChI is InChI=1S/C13H17ClO2/c1-4-5-6-12(15)10-8-11(14)9(2)7-13(10)16-3/h7-8H,4-6H2,1-3H3. The van der Waals surface area contributed by atoms with E-state index in [4.69, 9.17) is 16.3 Å². The highest BCUT2D eigenvalue weighted by Gasteiger charge is 2.13. The maximum Gasteiger partial charge on any atom is 0.166 e. The van der Waals surface area contributed by atoms with E-state index >= 15 is 0 Å². The molecule has 0 unspecified atom stereocenters. The van der Waals surface area contributed by atoms with Gasteiger partial charge in [-0.15, -0.1) is 0 Å². The second-order valence-corrected chi connectivity index (χ2v) is 4.24. The van der Waals surface area contributed by atoms with Gasteiger partial charge < -0.3 is 4.74 Å². The zero-order chi connectivity index (χ0) is 12.1. The van der Waals surface area contributed by atoms with E-state index in [0.717, 1.165) is 18.4 Å². The smallest absolute Gasteiger partial charge is 0.166 e. The maximum atomic E-state index is 11.9. The second-order valence-electron chi connectivity index (χ2n) is 3.83. The lowest BCUT2D eigenvalue weighted by molar-refractivity contribution is 0.0977. The fourth-order valence-corrected chi connectivity index (χ4v) is 1.68. The molecule has 0 aromatic heterocycles. The van der Waals surface area contributed by atoms with E-state index in [1.54, 1.807) is 13.2 Å². The van der Waals surface area contributed by atoms with Crippen LogP contribution in [0.25, 0.3) is 0 Å². The lowest BCUT2D eigenvalue weighted by Crippen LogP contribution is -2.02. The van der Waals surface area contributed by atoms with Crippen molar-refractivity contribution in [2.45, 2.75) is 33.1 Å². The first kappa shape index (κ1) is 13.0. The first-order valence-electron chi connectivity index (χ1n) is 5.47. The minimum atomic E-state index is 0.0978. The Hall–Kier alpha value is -1.02. The number of carbonyl (C=O) groups excluding carboxylic acids is 1. The molecule has 0 aliphatic rings. The summed E-state index contributed by atoms with van der Waals surface area (Å²) in [6, 6.07) is 3.51. The molecule has 0 spiro atoms. The van der Waals surface area contributed by atoms with Crippen LogP contribution in [0.3, 0.4) is 0 Å². The Labute approximate surface area is 102 Å². The minimum absolute atomic E-state index is 0.0978. The second kappa shape index (κ2) is 5.90. The van der Waals surface area contributed by atoms with Gasteiger partial charge in [0.25, 0.3) is 0 Å². The number of rotatable bonds is 5. The normalized spacial score (nSPS) is 10.2. The summed E-state index contributed by atoms with van der Waals surface area (Å²) in [5, 5.41) is 0.612. The third kappa shape index (κ3) is 2.99. The Morgan fingerprint density at radius 3 is 2.69 bits per heavy atom. The molecule has 88 valence electrons. The molecule has 0 amide bonds. The average molecular weight is 241 g/mol. The van der Waals surface area contributed by atoms with E-state index in [1.165, 1.54) is 0 Å². The van der Waals surface area contributed by atoms with Gasteiger partial charge in [0.1, 0.15) is 5.75 Å². The lowest BCUT2D eigenvalue weighted by atomic mass is 10.0. The number of aryl methyl sites for hydroxylation is 1. The molecule has 0 N–H and O–H groups in total. The number of unbranched alkanes of at least 4 members (excludes halogenated alkanes) is 1. The fraction of sp³-hybridized carbons (Fsp3) is 0.462. The molecule has 0 radical (unpaired) electrons. The lowest BCUT2D eigenvalue weighted by Gasteiger charge is -2.09. The molecule has 1 aromatic carbocycles. The van der Waals surface area contributed by atoms with Gasteiger partial charge in [-0.05, 0) is 31.0 Å². The Kier molecular flexibility index (Phi) is 4.81. The van der Waals surface area contributed by atoms with Crippen molar-refractivity contribution in [3.8, 4) is 5.75 Å². The number of ketones is 1. The van der Waals surface area contributed by atoms with Crippen molar-refractivity contribution < 1.29 is 9.53 Å². The number of Topliss-reactive ketones (excluding diaryl/α,β-unsaturated/α-hetero) is 1. The van der Waals surface area contributed by atoms with E-state index in [0.29, 0.717) is 22.8 Å². The van der Waals surface area contributed by atoms with Crippen LogP contribution < -0.4 is 4.74 Å². The molecule has 0 aliphatic carbocycles. The van der Waals surface area contributed by atoms with Crippen LogP contribution in [-0.2, 0) is 0 Å². The van der Waals surface area contributed by atoms with Gasteiger partial charge >= 0.3 is 0 Å². The quantitative estimate of drug-likeness (QED) is 0.727. The summed E-state index contributed by atoms with van der Waals surface area (Å²) in [4.78, 5) is 11.9. The third-order valence-electron chi connectivity index (χ3n) is 2.54. The van der Waals surface area contributed by atoms with Crippen LogP contribution in [0, 0.1) is 6.92 Å². The van der Waals surface area contributed by atoms with Gasteiger partial charge in [-0.25, -0.2) is 0 Å². The van der Waals surface area contributed by atoms with Crippen LogP contribution in [0.2, 0.25) is 5.02 Å². The molecule has 1 aromatic rings. The van der Waals surface area contributed by atoms with Crippen LogP contribution in [0.15, 0.2) is 12.1 Å². The Balaban J connectivity index is 3.02. The number of methoxy groups -OCH3 is 1. The number of ether oxygens (including phenoxy) is 1. The van der Waals surface area contributed by atoms with Crippen LogP contribution in [0.5, 0.6) is 5.75 Å². The largest absolute Gasteiger partial charge is 0.496 e. The summed E-state index contributed by atoms with van der Waals surface area (Å²) >= 11 is 6.01. The summed E-state index contributed by atoms with van der Waals surface area (Å²) in [5.74, 6) is 0.712. The van der Waals surface area contributed by atoms with Crippen LogP contribution in [0.1, 0.15) is 42.1 Å².